The third-order valence-corrected chi connectivity index (χ3v) is 3.52. The third kappa shape index (κ3) is 5.76. The van der Waals surface area contributed by atoms with E-state index in [1.165, 1.54) is 13.1 Å². The van der Waals surface area contributed by atoms with Crippen molar-refractivity contribution in [3.63, 3.8) is 0 Å². The Hall–Kier alpha value is -2.60. The van der Waals surface area contributed by atoms with Gasteiger partial charge in [-0.1, -0.05) is 36.7 Å². The molecule has 0 spiro atoms. The average molecular weight is 363 g/mol. The maximum Gasteiger partial charge on any atom is 0.348 e. The average Bonchev–Trinajstić information content (AvgIpc) is 2.62. The van der Waals surface area contributed by atoms with Crippen molar-refractivity contribution in [2.45, 2.75) is 32.5 Å². The van der Waals surface area contributed by atoms with Crippen molar-refractivity contribution in [1.29, 1.82) is 0 Å². The summed E-state index contributed by atoms with van der Waals surface area (Å²) in [5.74, 6) is -0.200. The monoisotopic (exact) mass is 362 g/mol. The minimum atomic E-state index is -0.988. The van der Waals surface area contributed by atoms with Crippen LogP contribution in [0.1, 0.15) is 20.3 Å². The molecule has 2 aromatic rings. The molecule has 25 heavy (non-hydrogen) atoms. The van der Waals surface area contributed by atoms with Crippen LogP contribution in [-0.2, 0) is 14.3 Å². The molecule has 1 heterocycles. The van der Waals surface area contributed by atoms with Gasteiger partial charge < -0.3 is 14.8 Å². The number of anilines is 1. The fourth-order valence-corrected chi connectivity index (χ4v) is 2.05. The van der Waals surface area contributed by atoms with Crippen LogP contribution in [0.3, 0.4) is 0 Å². The van der Waals surface area contributed by atoms with Gasteiger partial charge in [-0.3, -0.25) is 4.79 Å². The number of carbonyl (C=O) groups is 2. The molecule has 1 aromatic carbocycles. The van der Waals surface area contributed by atoms with Gasteiger partial charge in [0.05, 0.1) is 5.02 Å². The van der Waals surface area contributed by atoms with Crippen molar-refractivity contribution < 1.29 is 19.1 Å². The number of hydrogen-bond acceptors (Lipinski definition) is 5. The molecule has 1 aromatic heterocycles. The topological polar surface area (TPSA) is 77.5 Å². The molecule has 132 valence electrons. The Morgan fingerprint density at radius 2 is 1.92 bits per heavy atom. The maximum absolute atomic E-state index is 12.2. The molecule has 0 bridgehead atoms. The van der Waals surface area contributed by atoms with Gasteiger partial charge in [-0.05, 0) is 37.6 Å². The molecule has 2 rings (SSSR count). The molecule has 1 amide bonds. The molecule has 0 saturated heterocycles. The molecular weight excluding hydrogens is 344 g/mol. The normalized spacial score (nSPS) is 12.8. The number of benzene rings is 1. The summed E-state index contributed by atoms with van der Waals surface area (Å²) in [5, 5.41) is 3.01. The van der Waals surface area contributed by atoms with Crippen molar-refractivity contribution in [3.05, 3.63) is 53.7 Å². The highest BCUT2D eigenvalue weighted by Gasteiger charge is 2.25. The van der Waals surface area contributed by atoms with Crippen LogP contribution in [0.25, 0.3) is 0 Å². The molecule has 0 fully saturated rings. The molecule has 2 atom stereocenters. The Labute approximate surface area is 151 Å². The van der Waals surface area contributed by atoms with Gasteiger partial charge in [-0.25, -0.2) is 9.78 Å². The van der Waals surface area contributed by atoms with Crippen molar-refractivity contribution >= 4 is 29.3 Å². The SMILES string of the molecule is CC[C@H](Oc1ccccc1)C(=O)O[C@@H](C)C(=O)Nc1ccc(Cl)cn1. The molecule has 1 N–H and O–H groups in total. The molecule has 0 saturated carbocycles. The predicted octanol–water partition coefficient (Wildman–Crippen LogP) is 3.46. The van der Waals surface area contributed by atoms with E-state index in [0.29, 0.717) is 23.0 Å². The number of esters is 1. The second-order valence-corrected chi connectivity index (χ2v) is 5.69. The summed E-state index contributed by atoms with van der Waals surface area (Å²) >= 11 is 5.74. The number of halogens is 1. The Kier molecular flexibility index (Phi) is 6.77. The summed E-state index contributed by atoms with van der Waals surface area (Å²) in [7, 11) is 0. The number of aromatic nitrogens is 1. The van der Waals surface area contributed by atoms with Crippen LogP contribution in [0, 0.1) is 0 Å². The first-order valence-corrected chi connectivity index (χ1v) is 8.22. The van der Waals surface area contributed by atoms with Crippen LogP contribution in [0.2, 0.25) is 5.02 Å². The second-order valence-electron chi connectivity index (χ2n) is 5.26. The van der Waals surface area contributed by atoms with Gasteiger partial charge in [0.1, 0.15) is 11.6 Å². The van der Waals surface area contributed by atoms with E-state index >= 15 is 0 Å². The van der Waals surface area contributed by atoms with Gasteiger partial charge in [0.25, 0.3) is 5.91 Å². The van der Waals surface area contributed by atoms with Crippen LogP contribution in [-0.4, -0.2) is 29.1 Å². The van der Waals surface area contributed by atoms with E-state index < -0.39 is 24.1 Å². The number of carbonyl (C=O) groups excluding carboxylic acids is 2. The van der Waals surface area contributed by atoms with Crippen molar-refractivity contribution in [3.8, 4) is 5.75 Å². The van der Waals surface area contributed by atoms with E-state index in [-0.39, 0.29) is 0 Å². The summed E-state index contributed by atoms with van der Waals surface area (Å²) in [4.78, 5) is 28.3. The smallest absolute Gasteiger partial charge is 0.348 e. The number of hydrogen-bond donors (Lipinski definition) is 1. The Bertz CT molecular complexity index is 707. The maximum atomic E-state index is 12.2. The molecule has 0 aliphatic rings. The first-order chi connectivity index (χ1) is 12.0. The quantitative estimate of drug-likeness (QED) is 0.763. The lowest BCUT2D eigenvalue weighted by Gasteiger charge is -2.19. The first-order valence-electron chi connectivity index (χ1n) is 7.84. The molecule has 0 radical (unpaired) electrons. The van der Waals surface area contributed by atoms with Crippen molar-refractivity contribution in [1.82, 2.24) is 4.98 Å². The number of pyridine rings is 1. The molecule has 0 unspecified atom stereocenters. The van der Waals surface area contributed by atoms with E-state index in [1.807, 2.05) is 18.2 Å². The number of amides is 1. The van der Waals surface area contributed by atoms with Gasteiger partial charge in [0, 0.05) is 6.20 Å². The number of para-hydroxylation sites is 1. The molecule has 0 aliphatic heterocycles. The highest BCUT2D eigenvalue weighted by Crippen LogP contribution is 2.14. The van der Waals surface area contributed by atoms with Gasteiger partial charge in [-0.15, -0.1) is 0 Å². The van der Waals surface area contributed by atoms with Crippen LogP contribution >= 0.6 is 11.6 Å². The van der Waals surface area contributed by atoms with Gasteiger partial charge >= 0.3 is 5.97 Å². The lowest BCUT2D eigenvalue weighted by atomic mass is 10.2. The fourth-order valence-electron chi connectivity index (χ4n) is 1.94. The van der Waals surface area contributed by atoms with Gasteiger partial charge in [-0.2, -0.15) is 0 Å². The summed E-state index contributed by atoms with van der Waals surface area (Å²) in [5.41, 5.74) is 0. The standard InChI is InChI=1S/C18H19ClN2O4/c1-3-15(25-14-7-5-4-6-8-14)18(23)24-12(2)17(22)21-16-10-9-13(19)11-20-16/h4-12,15H,3H2,1-2H3,(H,20,21,22)/t12-,15-/m0/s1. The number of nitrogens with one attached hydrogen (secondary N) is 1. The van der Waals surface area contributed by atoms with Crippen LogP contribution in [0.5, 0.6) is 5.75 Å². The summed E-state index contributed by atoms with van der Waals surface area (Å²) in [6, 6.07) is 12.1. The summed E-state index contributed by atoms with van der Waals surface area (Å²) in [6.07, 6.45) is 0.0554. The molecule has 7 heteroatoms. The highest BCUT2D eigenvalue weighted by atomic mass is 35.5. The fraction of sp³-hybridized carbons (Fsp3) is 0.278. The van der Waals surface area contributed by atoms with Crippen molar-refractivity contribution in [2.24, 2.45) is 0 Å². The molecule has 0 aliphatic carbocycles. The van der Waals surface area contributed by atoms with Crippen LogP contribution in [0.4, 0.5) is 5.82 Å². The number of ether oxygens (including phenoxy) is 2. The lowest BCUT2D eigenvalue weighted by molar-refractivity contribution is -0.160. The summed E-state index contributed by atoms with van der Waals surface area (Å²) in [6.45, 7) is 3.29. The molecular formula is C18H19ClN2O4. The number of nitrogens with zero attached hydrogens (tertiary/aromatic N) is 1. The second kappa shape index (κ2) is 9.03. The number of rotatable bonds is 7. The zero-order chi connectivity index (χ0) is 18.2. The van der Waals surface area contributed by atoms with E-state index in [4.69, 9.17) is 21.1 Å². The van der Waals surface area contributed by atoms with Gasteiger partial charge in [0.2, 0.25) is 0 Å². The van der Waals surface area contributed by atoms with E-state index in [2.05, 4.69) is 10.3 Å². The van der Waals surface area contributed by atoms with Crippen LogP contribution in [0.15, 0.2) is 48.7 Å². The molecule has 6 nitrogen and oxygen atoms in total. The highest BCUT2D eigenvalue weighted by molar-refractivity contribution is 6.30. The van der Waals surface area contributed by atoms with Gasteiger partial charge in [0.15, 0.2) is 12.2 Å². The first kappa shape index (κ1) is 18.7. The Balaban J connectivity index is 1.90. The minimum Gasteiger partial charge on any atom is -0.479 e. The van der Waals surface area contributed by atoms with Crippen LogP contribution < -0.4 is 10.1 Å². The Morgan fingerprint density at radius 1 is 1.20 bits per heavy atom. The third-order valence-electron chi connectivity index (χ3n) is 3.30. The lowest BCUT2D eigenvalue weighted by Crippen LogP contribution is -2.36. The van der Waals surface area contributed by atoms with E-state index in [9.17, 15) is 9.59 Å². The minimum absolute atomic E-state index is 0.324. The van der Waals surface area contributed by atoms with E-state index in [0.717, 1.165) is 0 Å². The Morgan fingerprint density at radius 3 is 2.52 bits per heavy atom. The van der Waals surface area contributed by atoms with E-state index in [1.54, 1.807) is 31.2 Å². The zero-order valence-electron chi connectivity index (χ0n) is 13.9. The summed E-state index contributed by atoms with van der Waals surface area (Å²) < 4.78 is 10.8. The predicted molar refractivity (Wildman–Crippen MR) is 94.6 cm³/mol. The largest absolute Gasteiger partial charge is 0.479 e. The van der Waals surface area contributed by atoms with Crippen molar-refractivity contribution in [2.75, 3.05) is 5.32 Å². The zero-order valence-corrected chi connectivity index (χ0v) is 14.7.